The smallest absolute Gasteiger partial charge is 0.226 e. The predicted octanol–water partition coefficient (Wildman–Crippen LogP) is 1.07. The van der Waals surface area contributed by atoms with Crippen molar-refractivity contribution < 1.29 is 22.7 Å². The number of hydrogen-bond donors (Lipinski definition) is 1. The van der Waals surface area contributed by atoms with E-state index in [4.69, 9.17) is 0 Å². The molecule has 130 valence electrons. The Bertz CT molecular complexity index is 769. The van der Waals surface area contributed by atoms with Crippen LogP contribution in [0.2, 0.25) is 0 Å². The lowest BCUT2D eigenvalue weighted by Crippen LogP contribution is -2.61. The van der Waals surface area contributed by atoms with Crippen molar-refractivity contribution in [3.63, 3.8) is 0 Å². The molecule has 2 aliphatic heterocycles. The topological polar surface area (TPSA) is 74.7 Å². The van der Waals surface area contributed by atoms with Gasteiger partial charge in [0.05, 0.1) is 24.6 Å². The van der Waals surface area contributed by atoms with Crippen LogP contribution < -0.4 is 0 Å². The van der Waals surface area contributed by atoms with E-state index in [0.717, 1.165) is 6.42 Å². The predicted molar refractivity (Wildman–Crippen MR) is 85.3 cm³/mol. The molecule has 24 heavy (non-hydrogen) atoms. The van der Waals surface area contributed by atoms with Crippen LogP contribution in [0.3, 0.4) is 0 Å². The van der Waals surface area contributed by atoms with Crippen LogP contribution in [0.4, 0.5) is 4.39 Å². The lowest BCUT2D eigenvalue weighted by molar-refractivity contribution is -0.159. The van der Waals surface area contributed by atoms with Gasteiger partial charge in [0.15, 0.2) is 0 Å². The average Bonchev–Trinajstić information content (AvgIpc) is 3.22. The maximum atomic E-state index is 13.0. The summed E-state index contributed by atoms with van der Waals surface area (Å²) in [6.07, 6.45) is 1.90. The zero-order chi connectivity index (χ0) is 17.2. The Kier molecular flexibility index (Phi) is 3.35. The number of amides is 1. The number of likely N-dealkylation sites (tertiary alicyclic amines) is 1. The molecule has 0 bridgehead atoms. The highest BCUT2D eigenvalue weighted by Crippen LogP contribution is 2.60. The fraction of sp³-hybridized carbons (Fsp3) is 0.588. The highest BCUT2D eigenvalue weighted by atomic mass is 32.2. The zero-order valence-electron chi connectivity index (χ0n) is 13.2. The molecular weight excluding hydrogens is 333 g/mol. The third-order valence-electron chi connectivity index (χ3n) is 5.91. The van der Waals surface area contributed by atoms with E-state index in [1.54, 1.807) is 17.0 Å². The maximum Gasteiger partial charge on any atom is 0.226 e. The average molecular weight is 353 g/mol. The Morgan fingerprint density at radius 2 is 1.75 bits per heavy atom. The van der Waals surface area contributed by atoms with E-state index in [2.05, 4.69) is 0 Å². The Balaban J connectivity index is 1.38. The van der Waals surface area contributed by atoms with Crippen LogP contribution in [0.15, 0.2) is 24.3 Å². The summed E-state index contributed by atoms with van der Waals surface area (Å²) < 4.78 is 36.1. The van der Waals surface area contributed by atoms with Gasteiger partial charge in [0.1, 0.15) is 21.3 Å². The number of hydrogen-bond acceptors (Lipinski definition) is 4. The first-order valence-corrected chi connectivity index (χ1v) is 10.0. The van der Waals surface area contributed by atoms with Gasteiger partial charge in [0.2, 0.25) is 5.91 Å². The molecule has 7 heteroatoms. The summed E-state index contributed by atoms with van der Waals surface area (Å²) in [7, 11) is -2.93. The van der Waals surface area contributed by atoms with Gasteiger partial charge in [-0.05, 0) is 42.4 Å². The minimum Gasteiger partial charge on any atom is -0.381 e. The Labute approximate surface area is 140 Å². The van der Waals surface area contributed by atoms with Crippen molar-refractivity contribution in [1.29, 1.82) is 0 Å². The minimum absolute atomic E-state index is 0.0149. The fourth-order valence-corrected chi connectivity index (χ4v) is 5.74. The van der Waals surface area contributed by atoms with Crippen LogP contribution >= 0.6 is 0 Å². The molecule has 1 aliphatic carbocycles. The minimum atomic E-state index is -2.93. The van der Waals surface area contributed by atoms with Crippen LogP contribution in [0.5, 0.6) is 0 Å². The third kappa shape index (κ3) is 2.54. The Hall–Kier alpha value is -1.47. The fourth-order valence-electron chi connectivity index (χ4n) is 4.10. The standard InChI is InChI=1S/C17H20FNO4S/c18-13-3-1-12(2-4-13)17(21)10-19(11-17)15(20)14-9-16(14)5-7-24(22,23)8-6-16/h1-4,14,21H,5-11H2. The molecule has 1 amide bonds. The van der Waals surface area contributed by atoms with Crippen molar-refractivity contribution in [2.45, 2.75) is 24.9 Å². The number of sulfone groups is 1. The second-order valence-electron chi connectivity index (χ2n) is 7.50. The van der Waals surface area contributed by atoms with E-state index in [9.17, 15) is 22.7 Å². The molecule has 1 atom stereocenters. The number of rotatable bonds is 2. The van der Waals surface area contributed by atoms with Crippen LogP contribution in [0.25, 0.3) is 0 Å². The van der Waals surface area contributed by atoms with Gasteiger partial charge >= 0.3 is 0 Å². The molecule has 1 spiro atoms. The van der Waals surface area contributed by atoms with Gasteiger partial charge < -0.3 is 10.0 Å². The van der Waals surface area contributed by atoms with Gasteiger partial charge in [-0.2, -0.15) is 0 Å². The lowest BCUT2D eigenvalue weighted by atomic mass is 9.85. The first-order chi connectivity index (χ1) is 11.2. The summed E-state index contributed by atoms with van der Waals surface area (Å²) in [5.41, 5.74) is -0.630. The number of carbonyl (C=O) groups is 1. The van der Waals surface area contributed by atoms with Crippen molar-refractivity contribution in [3.8, 4) is 0 Å². The molecule has 3 aliphatic rings. The summed E-state index contributed by atoms with van der Waals surface area (Å²) in [4.78, 5) is 14.2. The van der Waals surface area contributed by atoms with Gasteiger partial charge in [-0.25, -0.2) is 12.8 Å². The third-order valence-corrected chi connectivity index (χ3v) is 7.56. The SMILES string of the molecule is O=C(C1CC12CCS(=O)(=O)CC2)N1CC(O)(c2ccc(F)cc2)C1. The highest BCUT2D eigenvalue weighted by Gasteiger charge is 2.62. The normalized spacial score (nSPS) is 29.1. The molecule has 0 aromatic heterocycles. The quantitative estimate of drug-likeness (QED) is 0.863. The number of β-amino-alcohol motifs (C(OH)–C–C–N with tert-alkyl or cyclic N) is 1. The number of carbonyl (C=O) groups excluding carboxylic acids is 1. The monoisotopic (exact) mass is 353 g/mol. The summed E-state index contributed by atoms with van der Waals surface area (Å²) >= 11 is 0. The molecule has 3 fully saturated rings. The van der Waals surface area contributed by atoms with Crippen molar-refractivity contribution >= 4 is 15.7 Å². The van der Waals surface area contributed by atoms with Crippen molar-refractivity contribution in [3.05, 3.63) is 35.6 Å². The number of nitrogens with zero attached hydrogens (tertiary/aromatic N) is 1. The van der Waals surface area contributed by atoms with Gasteiger partial charge in [0.25, 0.3) is 0 Å². The lowest BCUT2D eigenvalue weighted by Gasteiger charge is -2.47. The first kappa shape index (κ1) is 16.0. The molecule has 1 aromatic carbocycles. The van der Waals surface area contributed by atoms with Gasteiger partial charge in [-0.15, -0.1) is 0 Å². The largest absolute Gasteiger partial charge is 0.381 e. The van der Waals surface area contributed by atoms with E-state index >= 15 is 0 Å². The molecule has 1 saturated carbocycles. The summed E-state index contributed by atoms with van der Waals surface area (Å²) in [5, 5.41) is 10.6. The second-order valence-corrected chi connectivity index (χ2v) is 9.81. The molecule has 4 rings (SSSR count). The van der Waals surface area contributed by atoms with Gasteiger partial charge in [-0.1, -0.05) is 12.1 Å². The first-order valence-electron chi connectivity index (χ1n) is 8.21. The Morgan fingerprint density at radius 1 is 1.17 bits per heavy atom. The van der Waals surface area contributed by atoms with Gasteiger partial charge in [0, 0.05) is 5.92 Å². The van der Waals surface area contributed by atoms with E-state index in [0.29, 0.717) is 18.4 Å². The van der Waals surface area contributed by atoms with Crippen LogP contribution in [0.1, 0.15) is 24.8 Å². The van der Waals surface area contributed by atoms with Crippen LogP contribution in [-0.4, -0.2) is 48.9 Å². The molecule has 2 heterocycles. The summed E-state index contributed by atoms with van der Waals surface area (Å²) in [6, 6.07) is 5.69. The van der Waals surface area contributed by atoms with Crippen LogP contribution in [-0.2, 0) is 20.2 Å². The molecular formula is C17H20FNO4S. The summed E-state index contributed by atoms with van der Waals surface area (Å²) in [6.45, 7) is 0.421. The molecule has 1 aromatic rings. The number of aliphatic hydroxyl groups is 1. The molecule has 1 unspecified atom stereocenters. The summed E-state index contributed by atoms with van der Waals surface area (Å²) in [5.74, 6) is -0.0966. The Morgan fingerprint density at radius 3 is 2.33 bits per heavy atom. The molecule has 5 nitrogen and oxygen atoms in total. The zero-order valence-corrected chi connectivity index (χ0v) is 14.1. The molecule has 2 saturated heterocycles. The molecule has 0 radical (unpaired) electrons. The van der Waals surface area contributed by atoms with E-state index in [-0.39, 0.29) is 47.7 Å². The highest BCUT2D eigenvalue weighted by molar-refractivity contribution is 7.91. The van der Waals surface area contributed by atoms with E-state index in [1.807, 2.05) is 0 Å². The van der Waals surface area contributed by atoms with Crippen molar-refractivity contribution in [1.82, 2.24) is 4.90 Å². The second kappa shape index (κ2) is 5.02. The van der Waals surface area contributed by atoms with Crippen molar-refractivity contribution in [2.75, 3.05) is 24.6 Å². The van der Waals surface area contributed by atoms with E-state index < -0.39 is 15.4 Å². The number of benzene rings is 1. The number of halogens is 1. The maximum absolute atomic E-state index is 13.0. The molecule has 1 N–H and O–H groups in total. The van der Waals surface area contributed by atoms with Crippen molar-refractivity contribution in [2.24, 2.45) is 11.3 Å². The van der Waals surface area contributed by atoms with Crippen LogP contribution in [0, 0.1) is 17.2 Å². The van der Waals surface area contributed by atoms with Gasteiger partial charge in [-0.3, -0.25) is 4.79 Å². The van der Waals surface area contributed by atoms with E-state index in [1.165, 1.54) is 12.1 Å².